The van der Waals surface area contributed by atoms with Gasteiger partial charge in [0.1, 0.15) is 0 Å². The summed E-state index contributed by atoms with van der Waals surface area (Å²) in [4.78, 5) is 26.0. The van der Waals surface area contributed by atoms with Crippen LogP contribution in [0, 0.1) is 13.8 Å². The number of hydrogen-bond donors (Lipinski definition) is 0. The molecule has 298 valence electrons. The molecule has 3 aromatic heterocycles. The van der Waals surface area contributed by atoms with Crippen LogP contribution in [0.5, 0.6) is 0 Å². The number of para-hydroxylation sites is 1. The quantitative estimate of drug-likeness (QED) is 0.153. The van der Waals surface area contributed by atoms with E-state index in [0.29, 0.717) is 23.3 Å². The molecule has 0 aliphatic rings. The van der Waals surface area contributed by atoms with Crippen LogP contribution in [0.3, 0.4) is 0 Å². The highest BCUT2D eigenvalue weighted by molar-refractivity contribution is 6.11. The van der Waals surface area contributed by atoms with Gasteiger partial charge in [0.05, 0.1) is 28.1 Å². The van der Waals surface area contributed by atoms with Crippen molar-refractivity contribution in [1.82, 2.24) is 29.5 Å². The molecule has 11 aromatic rings. The normalized spacial score (nSPS) is 11.3. The molecule has 0 atom stereocenters. The molecule has 0 amide bonds. The van der Waals surface area contributed by atoms with Crippen molar-refractivity contribution in [1.29, 1.82) is 0 Å². The second kappa shape index (κ2) is 15.9. The topological polar surface area (TPSA) is 69.4 Å². The lowest BCUT2D eigenvalue weighted by atomic mass is 9.97. The molecule has 63 heavy (non-hydrogen) atoms. The number of nitrogens with zero attached hydrogens (tertiary/aromatic N) is 6. The van der Waals surface area contributed by atoms with Gasteiger partial charge in [-0.3, -0.25) is 0 Å². The van der Waals surface area contributed by atoms with Crippen molar-refractivity contribution in [3.63, 3.8) is 0 Å². The van der Waals surface area contributed by atoms with E-state index in [4.69, 9.17) is 24.9 Å². The van der Waals surface area contributed by atoms with Crippen LogP contribution in [0.2, 0.25) is 0 Å². The summed E-state index contributed by atoms with van der Waals surface area (Å²) in [6.45, 7) is 4.33. The molecule has 0 aliphatic heterocycles. The number of rotatable bonds is 8. The molecule has 0 fully saturated rings. The van der Waals surface area contributed by atoms with E-state index in [9.17, 15) is 0 Å². The van der Waals surface area contributed by atoms with E-state index in [1.54, 1.807) is 0 Å². The van der Waals surface area contributed by atoms with Gasteiger partial charge in [0.15, 0.2) is 23.3 Å². The Kier molecular flexibility index (Phi) is 9.51. The fourth-order valence-corrected chi connectivity index (χ4v) is 8.61. The molecule has 0 bridgehead atoms. The van der Waals surface area contributed by atoms with Crippen molar-refractivity contribution in [2.45, 2.75) is 13.8 Å². The lowest BCUT2D eigenvalue weighted by Gasteiger charge is -2.17. The predicted molar refractivity (Wildman–Crippen MR) is 257 cm³/mol. The van der Waals surface area contributed by atoms with Gasteiger partial charge in [-0.15, -0.1) is 0 Å². The molecule has 0 aliphatic carbocycles. The Hall–Kier alpha value is -8.35. The summed E-state index contributed by atoms with van der Waals surface area (Å²) in [5, 5.41) is 2.33. The standard InChI is InChI=1S/C57H40N6/c1-37-27-30-45(38(2)33-37)43-28-31-52-47(34-43)46-25-15-16-26-51(46)63(52)53-32-29-44(56-61-54(41-21-11-5-12-22-41)60-55(62-56)42-23-13-6-14-24-42)35-48(53)57-58-49(39-17-7-3-8-18-39)36-50(59-57)40-19-9-4-10-20-40/h3-36H,1-2H3. The summed E-state index contributed by atoms with van der Waals surface area (Å²) in [5.74, 6) is 2.34. The van der Waals surface area contributed by atoms with Crippen LogP contribution in [0.15, 0.2) is 206 Å². The highest BCUT2D eigenvalue weighted by Crippen LogP contribution is 2.40. The first-order valence-corrected chi connectivity index (χ1v) is 21.2. The first kappa shape index (κ1) is 37.6. The molecule has 0 N–H and O–H groups in total. The smallest absolute Gasteiger partial charge is 0.164 e. The van der Waals surface area contributed by atoms with Gasteiger partial charge in [-0.1, -0.05) is 169 Å². The molecular formula is C57H40N6. The average Bonchev–Trinajstić information content (AvgIpc) is 3.68. The Balaban J connectivity index is 1.19. The van der Waals surface area contributed by atoms with Crippen molar-refractivity contribution in [3.05, 3.63) is 217 Å². The van der Waals surface area contributed by atoms with E-state index in [-0.39, 0.29) is 0 Å². The van der Waals surface area contributed by atoms with Gasteiger partial charge in [-0.2, -0.15) is 0 Å². The minimum absolute atomic E-state index is 0.554. The van der Waals surface area contributed by atoms with Crippen LogP contribution in [0.25, 0.3) is 107 Å². The summed E-state index contributed by atoms with van der Waals surface area (Å²) < 4.78 is 2.36. The second-order valence-electron chi connectivity index (χ2n) is 15.9. The van der Waals surface area contributed by atoms with Crippen molar-refractivity contribution in [2.75, 3.05) is 0 Å². The van der Waals surface area contributed by atoms with E-state index < -0.39 is 0 Å². The molecule has 3 heterocycles. The minimum atomic E-state index is 0.554. The molecule has 0 saturated carbocycles. The summed E-state index contributed by atoms with van der Waals surface area (Å²) in [7, 11) is 0. The highest BCUT2D eigenvalue weighted by Gasteiger charge is 2.22. The van der Waals surface area contributed by atoms with E-state index in [2.05, 4.69) is 128 Å². The van der Waals surface area contributed by atoms with Crippen LogP contribution in [0.1, 0.15) is 11.1 Å². The lowest BCUT2D eigenvalue weighted by molar-refractivity contribution is 1.07. The Labute approximate surface area is 365 Å². The third kappa shape index (κ3) is 7.13. The van der Waals surface area contributed by atoms with E-state index in [1.165, 1.54) is 27.6 Å². The van der Waals surface area contributed by atoms with Crippen LogP contribution in [-0.2, 0) is 0 Å². The van der Waals surface area contributed by atoms with Crippen LogP contribution in [0.4, 0.5) is 0 Å². The number of fused-ring (bicyclic) bond motifs is 3. The third-order valence-corrected chi connectivity index (χ3v) is 11.7. The monoisotopic (exact) mass is 808 g/mol. The first-order chi connectivity index (χ1) is 31.0. The molecule has 0 spiro atoms. The fraction of sp³-hybridized carbons (Fsp3) is 0.0351. The van der Waals surface area contributed by atoms with Crippen molar-refractivity contribution < 1.29 is 0 Å². The van der Waals surface area contributed by atoms with E-state index >= 15 is 0 Å². The van der Waals surface area contributed by atoms with Gasteiger partial charge < -0.3 is 4.57 Å². The lowest BCUT2D eigenvalue weighted by Crippen LogP contribution is -2.04. The summed E-state index contributed by atoms with van der Waals surface area (Å²) in [6, 6.07) is 71.4. The van der Waals surface area contributed by atoms with Gasteiger partial charge in [-0.25, -0.2) is 24.9 Å². The first-order valence-electron chi connectivity index (χ1n) is 21.2. The predicted octanol–water partition coefficient (Wildman–Crippen LogP) is 14.0. The third-order valence-electron chi connectivity index (χ3n) is 11.7. The molecule has 0 radical (unpaired) electrons. The van der Waals surface area contributed by atoms with E-state index in [1.807, 2.05) is 97.1 Å². The van der Waals surface area contributed by atoms with Gasteiger partial charge in [0.25, 0.3) is 0 Å². The molecular weight excluding hydrogens is 769 g/mol. The van der Waals surface area contributed by atoms with Crippen molar-refractivity contribution >= 4 is 21.8 Å². The summed E-state index contributed by atoms with van der Waals surface area (Å²) in [5.41, 5.74) is 15.2. The van der Waals surface area contributed by atoms with Crippen LogP contribution < -0.4 is 0 Å². The number of hydrogen-bond acceptors (Lipinski definition) is 5. The Morgan fingerprint density at radius 3 is 1.41 bits per heavy atom. The zero-order valence-corrected chi connectivity index (χ0v) is 34.8. The van der Waals surface area contributed by atoms with Crippen LogP contribution >= 0.6 is 0 Å². The summed E-state index contributed by atoms with van der Waals surface area (Å²) >= 11 is 0. The number of benzene rings is 8. The minimum Gasteiger partial charge on any atom is -0.309 e. The molecule has 11 rings (SSSR count). The maximum Gasteiger partial charge on any atom is 0.164 e. The second-order valence-corrected chi connectivity index (χ2v) is 15.9. The average molecular weight is 809 g/mol. The van der Waals surface area contributed by atoms with Crippen LogP contribution in [-0.4, -0.2) is 29.5 Å². The number of aromatic nitrogens is 6. The zero-order chi connectivity index (χ0) is 42.3. The van der Waals surface area contributed by atoms with Gasteiger partial charge in [-0.05, 0) is 73.0 Å². The summed E-state index contributed by atoms with van der Waals surface area (Å²) in [6.07, 6.45) is 0. The van der Waals surface area contributed by atoms with Gasteiger partial charge in [0, 0.05) is 44.2 Å². The Bertz CT molecular complexity index is 3340. The van der Waals surface area contributed by atoms with Gasteiger partial charge >= 0.3 is 0 Å². The molecule has 0 saturated heterocycles. The molecule has 6 nitrogen and oxygen atoms in total. The highest BCUT2D eigenvalue weighted by atomic mass is 15.0. The van der Waals surface area contributed by atoms with E-state index in [0.717, 1.165) is 66.9 Å². The molecule has 6 heteroatoms. The fourth-order valence-electron chi connectivity index (χ4n) is 8.61. The molecule has 0 unspecified atom stereocenters. The SMILES string of the molecule is Cc1ccc(-c2ccc3c(c2)c2ccccc2n3-c2ccc(-c3nc(-c4ccccc4)nc(-c4ccccc4)n3)cc2-c2nc(-c3ccccc3)cc(-c3ccccc3)n2)c(C)c1. The maximum absolute atomic E-state index is 5.39. The zero-order valence-electron chi connectivity index (χ0n) is 34.8. The van der Waals surface area contributed by atoms with Gasteiger partial charge in [0.2, 0.25) is 0 Å². The Morgan fingerprint density at radius 2 is 0.825 bits per heavy atom. The van der Waals surface area contributed by atoms with Crippen molar-refractivity contribution in [3.8, 4) is 84.9 Å². The number of aryl methyl sites for hydroxylation is 2. The van der Waals surface area contributed by atoms with Crippen molar-refractivity contribution in [2.24, 2.45) is 0 Å². The Morgan fingerprint density at radius 1 is 0.317 bits per heavy atom. The maximum atomic E-state index is 5.39. The largest absolute Gasteiger partial charge is 0.309 e. The molecule has 8 aromatic carbocycles.